The van der Waals surface area contributed by atoms with E-state index >= 15 is 0 Å². The third kappa shape index (κ3) is 6.40. The van der Waals surface area contributed by atoms with Crippen molar-refractivity contribution in [2.45, 2.75) is 16.2 Å². The number of morpholine rings is 1. The molecule has 1 aromatic heterocycles. The van der Waals surface area contributed by atoms with E-state index in [0.29, 0.717) is 13.0 Å². The van der Waals surface area contributed by atoms with Gasteiger partial charge in [-0.3, -0.25) is 14.6 Å². The van der Waals surface area contributed by atoms with Crippen LogP contribution in [-0.2, 0) is 9.53 Å². The molecular formula is C23H26ClN3O2S3. The maximum atomic E-state index is 13.3. The van der Waals surface area contributed by atoms with Gasteiger partial charge in [-0.1, -0.05) is 22.9 Å². The number of nitrogens with zero attached hydrogens (tertiary/aromatic N) is 3. The second kappa shape index (κ2) is 11.7. The molecule has 0 N–H and O–H groups in total. The number of ether oxygens (including phenoxy) is 1. The second-order valence-electron chi connectivity index (χ2n) is 7.38. The Morgan fingerprint density at radius 3 is 2.69 bits per heavy atom. The van der Waals surface area contributed by atoms with Crippen LogP contribution in [0, 0.1) is 0 Å². The maximum Gasteiger partial charge on any atom is 0.229 e. The van der Waals surface area contributed by atoms with Gasteiger partial charge in [-0.05, 0) is 48.7 Å². The zero-order chi connectivity index (χ0) is 22.3. The van der Waals surface area contributed by atoms with E-state index in [0.717, 1.165) is 63.9 Å². The topological polar surface area (TPSA) is 45.7 Å². The lowest BCUT2D eigenvalue weighted by Crippen LogP contribution is -2.43. The largest absolute Gasteiger partial charge is 0.379 e. The third-order valence-electron chi connectivity index (χ3n) is 5.26. The molecular weight excluding hydrogens is 482 g/mol. The highest BCUT2D eigenvalue weighted by Crippen LogP contribution is 2.32. The number of hydrogen-bond donors (Lipinski definition) is 0. The molecule has 170 valence electrons. The molecule has 4 rings (SSSR count). The Bertz CT molecular complexity index is 1040. The van der Waals surface area contributed by atoms with Gasteiger partial charge in [0.1, 0.15) is 0 Å². The molecule has 9 heteroatoms. The molecule has 0 saturated carbocycles. The normalized spacial score (nSPS) is 14.7. The zero-order valence-electron chi connectivity index (χ0n) is 18.0. The van der Waals surface area contributed by atoms with E-state index in [2.05, 4.69) is 23.3 Å². The molecule has 2 heterocycles. The van der Waals surface area contributed by atoms with Crippen LogP contribution >= 0.6 is 46.5 Å². The Morgan fingerprint density at radius 2 is 1.94 bits per heavy atom. The Hall–Kier alpha value is -1.29. The number of anilines is 1. The number of aromatic nitrogens is 1. The Kier molecular flexibility index (Phi) is 8.74. The van der Waals surface area contributed by atoms with Crippen LogP contribution < -0.4 is 4.90 Å². The maximum absolute atomic E-state index is 13.3. The summed E-state index contributed by atoms with van der Waals surface area (Å²) in [6.07, 6.45) is 2.53. The number of carbonyl (C=O) groups is 1. The van der Waals surface area contributed by atoms with Crippen molar-refractivity contribution < 1.29 is 9.53 Å². The fraction of sp³-hybridized carbons (Fsp3) is 0.391. The van der Waals surface area contributed by atoms with E-state index in [9.17, 15) is 4.79 Å². The van der Waals surface area contributed by atoms with E-state index in [1.165, 1.54) is 4.90 Å². The molecule has 1 aliphatic heterocycles. The van der Waals surface area contributed by atoms with Crippen molar-refractivity contribution in [2.75, 3.05) is 56.3 Å². The van der Waals surface area contributed by atoms with E-state index < -0.39 is 0 Å². The zero-order valence-corrected chi connectivity index (χ0v) is 21.2. The molecule has 0 spiro atoms. The number of benzene rings is 2. The summed E-state index contributed by atoms with van der Waals surface area (Å²) in [5.74, 6) is 0.833. The summed E-state index contributed by atoms with van der Waals surface area (Å²) in [6, 6.07) is 14.0. The molecule has 0 unspecified atom stereocenters. The van der Waals surface area contributed by atoms with Crippen LogP contribution in [0.15, 0.2) is 52.3 Å². The Labute approximate surface area is 206 Å². The minimum absolute atomic E-state index is 0.115. The van der Waals surface area contributed by atoms with Gasteiger partial charge in [-0.25, -0.2) is 4.98 Å². The van der Waals surface area contributed by atoms with Gasteiger partial charge in [-0.15, -0.1) is 23.5 Å². The summed E-state index contributed by atoms with van der Waals surface area (Å²) in [4.78, 5) is 24.6. The molecule has 0 aliphatic carbocycles. The number of amides is 1. The molecule has 1 amide bonds. The van der Waals surface area contributed by atoms with E-state index in [1.807, 2.05) is 35.2 Å². The summed E-state index contributed by atoms with van der Waals surface area (Å²) in [5, 5.41) is 1.51. The molecule has 1 fully saturated rings. The van der Waals surface area contributed by atoms with E-state index in [1.54, 1.807) is 34.9 Å². The number of thioether (sulfide) groups is 2. The van der Waals surface area contributed by atoms with Gasteiger partial charge in [0.05, 0.1) is 23.4 Å². The van der Waals surface area contributed by atoms with Crippen molar-refractivity contribution in [1.82, 2.24) is 9.88 Å². The average molecular weight is 508 g/mol. The molecule has 0 radical (unpaired) electrons. The molecule has 1 aliphatic rings. The number of hydrogen-bond acceptors (Lipinski definition) is 7. The number of halogens is 1. The summed E-state index contributed by atoms with van der Waals surface area (Å²) < 4.78 is 6.57. The molecule has 2 aromatic carbocycles. The summed E-state index contributed by atoms with van der Waals surface area (Å²) >= 11 is 11.0. The van der Waals surface area contributed by atoms with Crippen molar-refractivity contribution >= 4 is 67.7 Å². The quantitative estimate of drug-likeness (QED) is 0.355. The first-order valence-corrected chi connectivity index (χ1v) is 14.0. The molecule has 5 nitrogen and oxygen atoms in total. The molecule has 32 heavy (non-hydrogen) atoms. The summed E-state index contributed by atoms with van der Waals surface area (Å²) in [5.41, 5.74) is 0.947. The predicted molar refractivity (Wildman–Crippen MR) is 138 cm³/mol. The first kappa shape index (κ1) is 23.9. The predicted octanol–water partition coefficient (Wildman–Crippen LogP) is 5.52. The number of carbonyl (C=O) groups excluding carboxylic acids is 1. The van der Waals surface area contributed by atoms with Crippen LogP contribution in [0.4, 0.5) is 5.13 Å². The van der Waals surface area contributed by atoms with Gasteiger partial charge >= 0.3 is 0 Å². The number of thiazole rings is 1. The summed E-state index contributed by atoms with van der Waals surface area (Å²) in [6.45, 7) is 4.79. The van der Waals surface area contributed by atoms with Crippen LogP contribution in [0.2, 0.25) is 5.02 Å². The lowest BCUT2D eigenvalue weighted by Gasteiger charge is -2.29. The van der Waals surface area contributed by atoms with Gasteiger partial charge in [-0.2, -0.15) is 0 Å². The van der Waals surface area contributed by atoms with Gasteiger partial charge in [0.25, 0.3) is 0 Å². The smallest absolute Gasteiger partial charge is 0.229 e. The Morgan fingerprint density at radius 1 is 1.19 bits per heavy atom. The standard InChI is InChI=1S/C23H26ClN3O2S3/c1-30-19-6-7-20-21(16-19)32-23(25-20)27(10-9-26-11-13-29-14-12-26)22(28)8-15-31-18-4-2-17(24)3-5-18/h2-7,16H,8-15H2,1H3. The van der Waals surface area contributed by atoms with Crippen molar-refractivity contribution in [2.24, 2.45) is 0 Å². The summed E-state index contributed by atoms with van der Waals surface area (Å²) in [7, 11) is 0. The lowest BCUT2D eigenvalue weighted by molar-refractivity contribution is -0.118. The number of fused-ring (bicyclic) bond motifs is 1. The van der Waals surface area contributed by atoms with Crippen LogP contribution in [-0.4, -0.2) is 67.2 Å². The fourth-order valence-corrected chi connectivity index (χ4v) is 5.98. The monoisotopic (exact) mass is 507 g/mol. The third-order valence-corrected chi connectivity index (χ3v) is 8.29. The minimum Gasteiger partial charge on any atom is -0.379 e. The van der Waals surface area contributed by atoms with Crippen LogP contribution in [0.3, 0.4) is 0 Å². The first-order valence-electron chi connectivity index (χ1n) is 10.6. The first-order chi connectivity index (χ1) is 15.6. The van der Waals surface area contributed by atoms with Crippen LogP contribution in [0.1, 0.15) is 6.42 Å². The van der Waals surface area contributed by atoms with Crippen LogP contribution in [0.25, 0.3) is 10.2 Å². The van der Waals surface area contributed by atoms with E-state index in [4.69, 9.17) is 21.3 Å². The van der Waals surface area contributed by atoms with Gasteiger partial charge in [0.15, 0.2) is 5.13 Å². The lowest BCUT2D eigenvalue weighted by atomic mass is 10.3. The molecule has 3 aromatic rings. The fourth-order valence-electron chi connectivity index (χ4n) is 3.45. The van der Waals surface area contributed by atoms with E-state index in [-0.39, 0.29) is 5.91 Å². The Balaban J connectivity index is 1.45. The van der Waals surface area contributed by atoms with Crippen LogP contribution in [0.5, 0.6) is 0 Å². The highest BCUT2D eigenvalue weighted by molar-refractivity contribution is 7.99. The second-order valence-corrected chi connectivity index (χ2v) is 10.9. The highest BCUT2D eigenvalue weighted by Gasteiger charge is 2.21. The van der Waals surface area contributed by atoms with Gasteiger partial charge in [0.2, 0.25) is 5.91 Å². The van der Waals surface area contributed by atoms with Gasteiger partial charge < -0.3 is 4.74 Å². The van der Waals surface area contributed by atoms with Crippen molar-refractivity contribution in [3.63, 3.8) is 0 Å². The highest BCUT2D eigenvalue weighted by atomic mass is 35.5. The van der Waals surface area contributed by atoms with Gasteiger partial charge in [0, 0.05) is 53.2 Å². The number of rotatable bonds is 9. The van der Waals surface area contributed by atoms with Crippen molar-refractivity contribution in [3.05, 3.63) is 47.5 Å². The molecule has 0 bridgehead atoms. The SMILES string of the molecule is CSc1ccc2nc(N(CCN3CCOCC3)C(=O)CCSc3ccc(Cl)cc3)sc2c1. The average Bonchev–Trinajstić information content (AvgIpc) is 3.24. The molecule has 0 atom stereocenters. The van der Waals surface area contributed by atoms with Crippen molar-refractivity contribution in [3.8, 4) is 0 Å². The minimum atomic E-state index is 0.115. The van der Waals surface area contributed by atoms with Crippen molar-refractivity contribution in [1.29, 1.82) is 0 Å². The molecule has 1 saturated heterocycles.